The zero-order chi connectivity index (χ0) is 24.6. The van der Waals surface area contributed by atoms with Crippen LogP contribution in [0.3, 0.4) is 0 Å². The molecule has 0 spiro atoms. The summed E-state index contributed by atoms with van der Waals surface area (Å²) in [6, 6.07) is 26.6. The number of hydrogen-bond acceptors (Lipinski definition) is 7. The van der Waals surface area contributed by atoms with E-state index in [9.17, 15) is 14.7 Å². The molecule has 1 N–H and O–H groups in total. The Balaban J connectivity index is 1.52. The third kappa shape index (κ3) is 6.66. The molecule has 35 heavy (non-hydrogen) atoms. The van der Waals surface area contributed by atoms with E-state index < -0.39 is 40.5 Å². The summed E-state index contributed by atoms with van der Waals surface area (Å²) in [5.41, 5.74) is 1.67. The van der Waals surface area contributed by atoms with Crippen LogP contribution in [-0.4, -0.2) is 52.2 Å². The Kier molecular flexibility index (Phi) is 8.86. The number of aliphatic hydroxyl groups excluding tert-OH is 1. The van der Waals surface area contributed by atoms with Gasteiger partial charge in [-0.25, -0.2) is 9.59 Å². The first-order valence-corrected chi connectivity index (χ1v) is 12.4. The van der Waals surface area contributed by atoms with Gasteiger partial charge in [-0.05, 0) is 29.8 Å². The third-order valence-corrected chi connectivity index (χ3v) is 6.84. The molecule has 7 nitrogen and oxygen atoms in total. The Bertz CT molecular complexity index is 1090. The summed E-state index contributed by atoms with van der Waals surface area (Å²) in [7, 11) is 0. The number of aliphatic hydroxyl groups is 1. The van der Waals surface area contributed by atoms with Crippen LogP contribution in [0.5, 0.6) is 0 Å². The lowest BCUT2D eigenvalue weighted by Gasteiger charge is -2.28. The average molecular weight is 588 g/mol. The molecule has 3 aromatic carbocycles. The molecule has 0 radical (unpaired) electrons. The minimum atomic E-state index is -1.14. The molecule has 1 aliphatic rings. The first-order valence-electron chi connectivity index (χ1n) is 11.1. The fourth-order valence-electron chi connectivity index (χ4n) is 3.70. The molecule has 0 aromatic heterocycles. The van der Waals surface area contributed by atoms with Crippen LogP contribution in [0.4, 0.5) is 0 Å². The van der Waals surface area contributed by atoms with E-state index in [1.54, 1.807) is 60.7 Å². The van der Waals surface area contributed by atoms with Gasteiger partial charge in [-0.15, -0.1) is 0 Å². The summed E-state index contributed by atoms with van der Waals surface area (Å²) >= 11 is 2.06. The molecule has 1 heterocycles. The van der Waals surface area contributed by atoms with E-state index in [-0.39, 0.29) is 13.2 Å². The van der Waals surface area contributed by atoms with Crippen molar-refractivity contribution < 1.29 is 33.6 Å². The standard InChI is InChI=1S/C27H25IO7/c28-22-24(32-16-18-10-4-1-5-11-18)23(35-27(22)31)21(34-26(30)20-14-8-3-9-15-20)17-33-25(29)19-12-6-2-7-13-19/h1-15,21-24,27,31H,16-17H2/t21?,22-,23+,24+,27+/m0/s1. The van der Waals surface area contributed by atoms with Gasteiger partial charge in [0.1, 0.15) is 18.8 Å². The first-order chi connectivity index (χ1) is 17.0. The highest BCUT2D eigenvalue weighted by molar-refractivity contribution is 14.1. The van der Waals surface area contributed by atoms with Crippen LogP contribution in [0.2, 0.25) is 0 Å². The highest BCUT2D eigenvalue weighted by Crippen LogP contribution is 2.33. The van der Waals surface area contributed by atoms with Crippen LogP contribution < -0.4 is 0 Å². The molecule has 1 aliphatic heterocycles. The number of carbonyl (C=O) groups excluding carboxylic acids is 2. The Labute approximate surface area is 217 Å². The van der Waals surface area contributed by atoms with E-state index in [0.29, 0.717) is 11.1 Å². The van der Waals surface area contributed by atoms with Crippen molar-refractivity contribution >= 4 is 34.5 Å². The van der Waals surface area contributed by atoms with Crippen molar-refractivity contribution in [3.8, 4) is 0 Å². The molecule has 1 fully saturated rings. The maximum Gasteiger partial charge on any atom is 0.338 e. The largest absolute Gasteiger partial charge is 0.458 e. The van der Waals surface area contributed by atoms with Crippen molar-refractivity contribution in [2.45, 2.75) is 35.1 Å². The first kappa shape index (κ1) is 25.3. The maximum absolute atomic E-state index is 12.9. The van der Waals surface area contributed by atoms with Crippen molar-refractivity contribution in [1.29, 1.82) is 0 Å². The lowest BCUT2D eigenvalue weighted by molar-refractivity contribution is -0.145. The van der Waals surface area contributed by atoms with Gasteiger partial charge in [0, 0.05) is 0 Å². The molecule has 5 atom stereocenters. The van der Waals surface area contributed by atoms with E-state index >= 15 is 0 Å². The van der Waals surface area contributed by atoms with Crippen LogP contribution in [0.15, 0.2) is 91.0 Å². The molecule has 1 unspecified atom stereocenters. The normalized spacial score (nSPS) is 22.3. The zero-order valence-corrected chi connectivity index (χ0v) is 20.9. The Morgan fingerprint density at radius 1 is 0.857 bits per heavy atom. The quantitative estimate of drug-likeness (QED) is 0.228. The number of benzene rings is 3. The summed E-state index contributed by atoms with van der Waals surface area (Å²) in [4.78, 5) is 25.4. The van der Waals surface area contributed by atoms with Crippen LogP contribution in [0.1, 0.15) is 26.3 Å². The predicted octanol–water partition coefficient (Wildman–Crippen LogP) is 4.18. The van der Waals surface area contributed by atoms with Crippen molar-refractivity contribution in [3.05, 3.63) is 108 Å². The van der Waals surface area contributed by atoms with Crippen molar-refractivity contribution in [2.75, 3.05) is 6.61 Å². The summed E-state index contributed by atoms with van der Waals surface area (Å²) < 4.78 is 22.7. The summed E-state index contributed by atoms with van der Waals surface area (Å²) in [6.45, 7) is 0.0129. The minimum absolute atomic E-state index is 0.266. The molecule has 0 bridgehead atoms. The van der Waals surface area contributed by atoms with Crippen LogP contribution >= 0.6 is 22.6 Å². The Hall–Kier alpha value is -2.79. The molecule has 182 valence electrons. The Morgan fingerprint density at radius 2 is 1.40 bits per heavy atom. The summed E-state index contributed by atoms with van der Waals surface area (Å²) in [5.74, 6) is -1.15. The van der Waals surface area contributed by atoms with Crippen molar-refractivity contribution in [1.82, 2.24) is 0 Å². The van der Waals surface area contributed by atoms with E-state index in [4.69, 9.17) is 18.9 Å². The molecule has 0 amide bonds. The molecule has 8 heteroatoms. The fourth-order valence-corrected chi connectivity index (χ4v) is 4.49. The molecular weight excluding hydrogens is 563 g/mol. The van der Waals surface area contributed by atoms with Crippen molar-refractivity contribution in [3.63, 3.8) is 0 Å². The van der Waals surface area contributed by atoms with E-state index in [2.05, 4.69) is 22.6 Å². The molecule has 3 aromatic rings. The van der Waals surface area contributed by atoms with E-state index in [1.165, 1.54) is 0 Å². The molecule has 1 saturated heterocycles. The number of esters is 2. The third-order valence-electron chi connectivity index (χ3n) is 5.51. The summed E-state index contributed by atoms with van der Waals surface area (Å²) in [6.07, 6.45) is -3.61. The fraction of sp³-hybridized carbons (Fsp3) is 0.259. The van der Waals surface area contributed by atoms with Gasteiger partial charge in [-0.3, -0.25) is 0 Å². The number of ether oxygens (including phenoxy) is 4. The highest BCUT2D eigenvalue weighted by Gasteiger charge is 2.48. The second-order valence-corrected chi connectivity index (χ2v) is 9.41. The van der Waals surface area contributed by atoms with Crippen LogP contribution in [0, 0.1) is 0 Å². The van der Waals surface area contributed by atoms with Gasteiger partial charge in [-0.1, -0.05) is 89.3 Å². The number of rotatable bonds is 9. The maximum atomic E-state index is 12.9. The molecule has 4 rings (SSSR count). The monoisotopic (exact) mass is 588 g/mol. The number of carbonyl (C=O) groups is 2. The summed E-state index contributed by atoms with van der Waals surface area (Å²) in [5, 5.41) is 10.4. The van der Waals surface area contributed by atoms with Gasteiger partial charge in [0.15, 0.2) is 12.4 Å². The van der Waals surface area contributed by atoms with Crippen molar-refractivity contribution in [2.24, 2.45) is 0 Å². The number of hydrogen-bond donors (Lipinski definition) is 1. The second-order valence-electron chi connectivity index (χ2n) is 7.97. The van der Waals surface area contributed by atoms with Gasteiger partial charge >= 0.3 is 11.9 Å². The SMILES string of the molecule is O=C(OCC(OC(=O)c1ccccc1)[C@H]1O[C@@H](O)[C@@H](I)[C@H]1OCc1ccccc1)c1ccccc1. The van der Waals surface area contributed by atoms with Gasteiger partial charge in [0.2, 0.25) is 0 Å². The Morgan fingerprint density at radius 3 is 2.00 bits per heavy atom. The van der Waals surface area contributed by atoms with Gasteiger partial charge in [0.05, 0.1) is 21.7 Å². The van der Waals surface area contributed by atoms with E-state index in [0.717, 1.165) is 5.56 Å². The minimum Gasteiger partial charge on any atom is -0.458 e. The zero-order valence-electron chi connectivity index (χ0n) is 18.7. The number of halogens is 1. The smallest absolute Gasteiger partial charge is 0.338 e. The van der Waals surface area contributed by atoms with Crippen LogP contribution in [-0.2, 0) is 25.6 Å². The highest BCUT2D eigenvalue weighted by atomic mass is 127. The topological polar surface area (TPSA) is 91.3 Å². The molecule has 0 aliphatic carbocycles. The lowest BCUT2D eigenvalue weighted by Crippen LogP contribution is -2.44. The lowest BCUT2D eigenvalue weighted by atomic mass is 10.1. The van der Waals surface area contributed by atoms with Crippen LogP contribution in [0.25, 0.3) is 0 Å². The molecular formula is C27H25IO7. The predicted molar refractivity (Wildman–Crippen MR) is 136 cm³/mol. The molecule has 0 saturated carbocycles. The van der Waals surface area contributed by atoms with Gasteiger partial charge < -0.3 is 24.1 Å². The number of alkyl halides is 1. The van der Waals surface area contributed by atoms with Gasteiger partial charge in [0.25, 0.3) is 0 Å². The second kappa shape index (κ2) is 12.3. The average Bonchev–Trinajstić information content (AvgIpc) is 3.19. The van der Waals surface area contributed by atoms with E-state index in [1.807, 2.05) is 30.3 Å². The van der Waals surface area contributed by atoms with Gasteiger partial charge in [-0.2, -0.15) is 0 Å².